The molecule has 1 atom stereocenters. The van der Waals surface area contributed by atoms with E-state index in [9.17, 15) is 13.6 Å². The van der Waals surface area contributed by atoms with Gasteiger partial charge >= 0.3 is 6.61 Å². The number of alkyl halides is 2. The summed E-state index contributed by atoms with van der Waals surface area (Å²) in [6.07, 6.45) is 2.21. The Labute approximate surface area is 134 Å². The summed E-state index contributed by atoms with van der Waals surface area (Å²) in [6.45, 7) is 1.77. The summed E-state index contributed by atoms with van der Waals surface area (Å²) < 4.78 is 33.9. The summed E-state index contributed by atoms with van der Waals surface area (Å²) in [7, 11) is 1.34. The Morgan fingerprint density at radius 1 is 1.43 bits per heavy atom. The number of likely N-dealkylation sites (N-methyl/N-ethyl adjacent to an activating group) is 1. The first-order valence-electron chi connectivity index (χ1n) is 7.70. The molecule has 1 aliphatic rings. The predicted molar refractivity (Wildman–Crippen MR) is 82.2 cm³/mol. The third-order valence-corrected chi connectivity index (χ3v) is 4.05. The van der Waals surface area contributed by atoms with Gasteiger partial charge in [0.1, 0.15) is 0 Å². The van der Waals surface area contributed by atoms with E-state index in [1.165, 1.54) is 25.3 Å². The Bertz CT molecular complexity index is 540. The van der Waals surface area contributed by atoms with Crippen molar-refractivity contribution in [1.82, 2.24) is 10.2 Å². The maximum atomic E-state index is 12.3. The van der Waals surface area contributed by atoms with Gasteiger partial charge in [-0.05, 0) is 44.1 Å². The van der Waals surface area contributed by atoms with Crippen molar-refractivity contribution in [1.29, 1.82) is 0 Å². The van der Waals surface area contributed by atoms with E-state index in [0.29, 0.717) is 18.2 Å². The number of likely N-dealkylation sites (tertiary alicyclic amines) is 1. The summed E-state index contributed by atoms with van der Waals surface area (Å²) in [4.78, 5) is 14.6. The second-order valence-corrected chi connectivity index (χ2v) is 5.38. The SMILES string of the molecule is CCN1CCCC1CNC(=O)c1ccc(OC(F)F)c(OC)c1. The quantitative estimate of drug-likeness (QED) is 0.836. The summed E-state index contributed by atoms with van der Waals surface area (Å²) >= 11 is 0. The minimum atomic E-state index is -2.94. The molecule has 2 rings (SSSR count). The lowest BCUT2D eigenvalue weighted by molar-refractivity contribution is -0.0512. The van der Waals surface area contributed by atoms with Crippen LogP contribution in [0.3, 0.4) is 0 Å². The van der Waals surface area contributed by atoms with Crippen molar-refractivity contribution < 1.29 is 23.0 Å². The van der Waals surface area contributed by atoms with Gasteiger partial charge in [0.25, 0.3) is 5.91 Å². The van der Waals surface area contributed by atoms with E-state index in [4.69, 9.17) is 4.74 Å². The molecule has 1 aromatic carbocycles. The molecule has 1 aliphatic heterocycles. The van der Waals surface area contributed by atoms with E-state index >= 15 is 0 Å². The Balaban J connectivity index is 1.99. The Morgan fingerprint density at radius 2 is 2.22 bits per heavy atom. The maximum Gasteiger partial charge on any atom is 0.387 e. The highest BCUT2D eigenvalue weighted by molar-refractivity contribution is 5.94. The van der Waals surface area contributed by atoms with E-state index < -0.39 is 6.61 Å². The highest BCUT2D eigenvalue weighted by Gasteiger charge is 2.23. The normalized spacial score (nSPS) is 18.2. The lowest BCUT2D eigenvalue weighted by atomic mass is 10.1. The Hall–Kier alpha value is -1.89. The maximum absolute atomic E-state index is 12.3. The number of ether oxygens (including phenoxy) is 2. The van der Waals surface area contributed by atoms with Crippen LogP contribution in [-0.4, -0.2) is 50.2 Å². The number of nitrogens with one attached hydrogen (secondary N) is 1. The molecule has 0 radical (unpaired) electrons. The highest BCUT2D eigenvalue weighted by Crippen LogP contribution is 2.29. The Kier molecular flexibility index (Phi) is 6.15. The molecule has 1 saturated heterocycles. The molecular formula is C16H22F2N2O3. The second-order valence-electron chi connectivity index (χ2n) is 5.38. The molecule has 5 nitrogen and oxygen atoms in total. The van der Waals surface area contributed by atoms with E-state index in [-0.39, 0.29) is 17.4 Å². The molecule has 0 aromatic heterocycles. The van der Waals surface area contributed by atoms with Crippen molar-refractivity contribution >= 4 is 5.91 Å². The summed E-state index contributed by atoms with van der Waals surface area (Å²) in [6, 6.07) is 4.52. The average molecular weight is 328 g/mol. The number of hydrogen-bond donors (Lipinski definition) is 1. The number of halogens is 2. The van der Waals surface area contributed by atoms with Crippen LogP contribution in [0.15, 0.2) is 18.2 Å². The number of methoxy groups -OCH3 is 1. The Morgan fingerprint density at radius 3 is 2.87 bits per heavy atom. The van der Waals surface area contributed by atoms with Crippen LogP contribution < -0.4 is 14.8 Å². The van der Waals surface area contributed by atoms with Gasteiger partial charge in [-0.25, -0.2) is 0 Å². The number of carbonyl (C=O) groups excluding carboxylic acids is 1. The van der Waals surface area contributed by atoms with Gasteiger partial charge in [-0.2, -0.15) is 8.78 Å². The predicted octanol–water partition coefficient (Wildman–Crippen LogP) is 2.51. The summed E-state index contributed by atoms with van der Waals surface area (Å²) in [5.74, 6) is -0.240. The van der Waals surface area contributed by atoms with Crippen LogP contribution in [-0.2, 0) is 0 Å². The van der Waals surface area contributed by atoms with Gasteiger partial charge in [0.15, 0.2) is 11.5 Å². The molecule has 1 amide bonds. The van der Waals surface area contributed by atoms with Crippen LogP contribution in [0.5, 0.6) is 11.5 Å². The van der Waals surface area contributed by atoms with E-state index in [1.807, 2.05) is 0 Å². The van der Waals surface area contributed by atoms with Gasteiger partial charge in [-0.15, -0.1) is 0 Å². The zero-order valence-electron chi connectivity index (χ0n) is 13.4. The molecule has 1 unspecified atom stereocenters. The molecule has 7 heteroatoms. The molecule has 128 valence electrons. The molecule has 23 heavy (non-hydrogen) atoms. The average Bonchev–Trinajstić information content (AvgIpc) is 2.99. The number of carbonyl (C=O) groups is 1. The number of amides is 1. The van der Waals surface area contributed by atoms with Crippen molar-refractivity contribution in [3.05, 3.63) is 23.8 Å². The van der Waals surface area contributed by atoms with Crippen LogP contribution in [0.25, 0.3) is 0 Å². The molecule has 0 bridgehead atoms. The molecule has 1 fully saturated rings. The van der Waals surface area contributed by atoms with Crippen LogP contribution in [0, 0.1) is 0 Å². The first-order chi connectivity index (χ1) is 11.0. The topological polar surface area (TPSA) is 50.8 Å². The minimum Gasteiger partial charge on any atom is -0.493 e. The van der Waals surface area contributed by atoms with Crippen molar-refractivity contribution in [2.45, 2.75) is 32.4 Å². The lowest BCUT2D eigenvalue weighted by Crippen LogP contribution is -2.40. The minimum absolute atomic E-state index is 0.0907. The molecule has 1 N–H and O–H groups in total. The molecule has 0 aliphatic carbocycles. The summed E-state index contributed by atoms with van der Waals surface area (Å²) in [5.41, 5.74) is 0.351. The number of rotatable bonds is 7. The van der Waals surface area contributed by atoms with E-state index in [1.54, 1.807) is 0 Å². The summed E-state index contributed by atoms with van der Waals surface area (Å²) in [5, 5.41) is 2.89. The van der Waals surface area contributed by atoms with Gasteiger partial charge < -0.3 is 14.8 Å². The van der Waals surface area contributed by atoms with Crippen molar-refractivity contribution in [2.24, 2.45) is 0 Å². The van der Waals surface area contributed by atoms with Gasteiger partial charge in [0.05, 0.1) is 7.11 Å². The highest BCUT2D eigenvalue weighted by atomic mass is 19.3. The molecule has 0 saturated carbocycles. The van der Waals surface area contributed by atoms with Crippen LogP contribution in [0.4, 0.5) is 8.78 Å². The van der Waals surface area contributed by atoms with Crippen LogP contribution in [0.1, 0.15) is 30.1 Å². The third-order valence-electron chi connectivity index (χ3n) is 4.05. The fourth-order valence-electron chi connectivity index (χ4n) is 2.86. The first kappa shape index (κ1) is 17.5. The smallest absolute Gasteiger partial charge is 0.387 e. The standard InChI is InChI=1S/C16H22F2N2O3/c1-3-20-8-4-5-12(20)10-19-15(21)11-6-7-13(23-16(17)18)14(9-11)22-2/h6-7,9,12,16H,3-5,8,10H2,1-2H3,(H,19,21). The van der Waals surface area contributed by atoms with Crippen molar-refractivity contribution in [3.8, 4) is 11.5 Å². The monoisotopic (exact) mass is 328 g/mol. The fraction of sp³-hybridized carbons (Fsp3) is 0.562. The van der Waals surface area contributed by atoms with Gasteiger partial charge in [-0.3, -0.25) is 9.69 Å². The fourth-order valence-corrected chi connectivity index (χ4v) is 2.86. The zero-order chi connectivity index (χ0) is 16.8. The van der Waals surface area contributed by atoms with Crippen molar-refractivity contribution in [3.63, 3.8) is 0 Å². The van der Waals surface area contributed by atoms with Gasteiger partial charge in [-0.1, -0.05) is 6.92 Å². The molecular weight excluding hydrogens is 306 g/mol. The van der Waals surface area contributed by atoms with Crippen LogP contribution >= 0.6 is 0 Å². The van der Waals surface area contributed by atoms with E-state index in [2.05, 4.69) is 21.9 Å². The second kappa shape index (κ2) is 8.10. The zero-order valence-corrected chi connectivity index (χ0v) is 13.4. The third kappa shape index (κ3) is 4.54. The van der Waals surface area contributed by atoms with Gasteiger partial charge in [0, 0.05) is 18.2 Å². The number of benzene rings is 1. The lowest BCUT2D eigenvalue weighted by Gasteiger charge is -2.23. The molecule has 1 heterocycles. The van der Waals surface area contributed by atoms with E-state index in [0.717, 1.165) is 25.9 Å². The first-order valence-corrected chi connectivity index (χ1v) is 7.70. The van der Waals surface area contributed by atoms with Gasteiger partial charge in [0.2, 0.25) is 0 Å². The number of nitrogens with zero attached hydrogens (tertiary/aromatic N) is 1. The number of hydrogen-bond acceptors (Lipinski definition) is 4. The molecule has 0 spiro atoms. The molecule has 1 aromatic rings. The van der Waals surface area contributed by atoms with Crippen LogP contribution in [0.2, 0.25) is 0 Å². The largest absolute Gasteiger partial charge is 0.493 e. The van der Waals surface area contributed by atoms with Crippen molar-refractivity contribution in [2.75, 3.05) is 26.7 Å².